The molecule has 114 valence electrons. The first-order valence-electron chi connectivity index (χ1n) is 8.21. The molecule has 0 radical (unpaired) electrons. The normalized spacial score (nSPS) is 13.0. The second kappa shape index (κ2) is 7.56. The van der Waals surface area contributed by atoms with Gasteiger partial charge in [0.05, 0.1) is 11.2 Å². The van der Waals surface area contributed by atoms with Crippen LogP contribution in [-0.4, -0.2) is 11.5 Å². The van der Waals surface area contributed by atoms with Gasteiger partial charge in [0.1, 0.15) is 0 Å². The molecule has 2 aromatic rings. The Morgan fingerprint density at radius 3 is 2.62 bits per heavy atom. The van der Waals surface area contributed by atoms with Gasteiger partial charge in [0.2, 0.25) is 0 Å². The Hall–Kier alpha value is -1.41. The molecule has 0 aliphatic heterocycles. The van der Waals surface area contributed by atoms with Gasteiger partial charge in [0.25, 0.3) is 0 Å². The van der Waals surface area contributed by atoms with Crippen LogP contribution in [0.5, 0.6) is 0 Å². The molecular formula is C19H28N2. The van der Waals surface area contributed by atoms with Gasteiger partial charge >= 0.3 is 0 Å². The smallest absolute Gasteiger partial charge is 0.0708 e. The van der Waals surface area contributed by atoms with Crippen LogP contribution in [0.4, 0.5) is 0 Å². The van der Waals surface area contributed by atoms with Crippen molar-refractivity contribution in [2.75, 3.05) is 6.54 Å². The number of fused-ring (bicyclic) bond motifs is 1. The summed E-state index contributed by atoms with van der Waals surface area (Å²) in [5.74, 6) is 0.734. The molecule has 0 bridgehead atoms. The Labute approximate surface area is 129 Å². The summed E-state index contributed by atoms with van der Waals surface area (Å²) in [6.07, 6.45) is 3.54. The molecule has 1 aromatic carbocycles. The Bertz CT molecular complexity index is 575. The minimum absolute atomic E-state index is 0.371. The summed E-state index contributed by atoms with van der Waals surface area (Å²) in [4.78, 5) is 4.90. The van der Waals surface area contributed by atoms with Crippen molar-refractivity contribution in [1.82, 2.24) is 10.3 Å². The molecule has 1 atom stereocenters. The Kier molecular flexibility index (Phi) is 5.75. The van der Waals surface area contributed by atoms with Crippen LogP contribution in [0.2, 0.25) is 0 Å². The number of para-hydroxylation sites is 1. The van der Waals surface area contributed by atoms with Crippen LogP contribution in [-0.2, 0) is 0 Å². The number of hydrogen-bond donors (Lipinski definition) is 1. The van der Waals surface area contributed by atoms with E-state index in [1.165, 1.54) is 23.1 Å². The minimum Gasteiger partial charge on any atom is -0.309 e. The molecule has 1 aromatic heterocycles. The molecule has 0 aliphatic rings. The molecule has 0 spiro atoms. The van der Waals surface area contributed by atoms with E-state index in [0.29, 0.717) is 6.04 Å². The van der Waals surface area contributed by atoms with Crippen LogP contribution in [0, 0.1) is 12.8 Å². The van der Waals surface area contributed by atoms with Gasteiger partial charge in [-0.2, -0.15) is 0 Å². The van der Waals surface area contributed by atoms with E-state index in [0.717, 1.165) is 30.8 Å². The summed E-state index contributed by atoms with van der Waals surface area (Å²) in [6, 6.07) is 11.1. The molecule has 0 fully saturated rings. The lowest BCUT2D eigenvalue weighted by Crippen LogP contribution is -2.23. The molecule has 2 heteroatoms. The fourth-order valence-corrected chi connectivity index (χ4v) is 2.73. The monoisotopic (exact) mass is 284 g/mol. The zero-order valence-electron chi connectivity index (χ0n) is 13.8. The first-order chi connectivity index (χ1) is 10.1. The van der Waals surface area contributed by atoms with Gasteiger partial charge < -0.3 is 5.32 Å². The molecule has 0 amide bonds. The third kappa shape index (κ3) is 4.28. The van der Waals surface area contributed by atoms with Gasteiger partial charge in [0.15, 0.2) is 0 Å². The first kappa shape index (κ1) is 16.0. The molecule has 2 rings (SSSR count). The summed E-state index contributed by atoms with van der Waals surface area (Å²) in [7, 11) is 0. The number of pyridine rings is 1. The van der Waals surface area contributed by atoms with Crippen molar-refractivity contribution in [2.45, 2.75) is 53.0 Å². The molecule has 0 aliphatic carbocycles. The van der Waals surface area contributed by atoms with Gasteiger partial charge in [-0.25, -0.2) is 0 Å². The van der Waals surface area contributed by atoms with Crippen LogP contribution < -0.4 is 5.32 Å². The fourth-order valence-electron chi connectivity index (χ4n) is 2.73. The molecule has 1 N–H and O–H groups in total. The number of hydrogen-bond acceptors (Lipinski definition) is 2. The van der Waals surface area contributed by atoms with Crippen molar-refractivity contribution in [3.05, 3.63) is 41.6 Å². The maximum absolute atomic E-state index is 4.90. The van der Waals surface area contributed by atoms with E-state index in [1.54, 1.807) is 0 Å². The molecule has 1 heterocycles. The van der Waals surface area contributed by atoms with Crippen molar-refractivity contribution in [3.8, 4) is 0 Å². The van der Waals surface area contributed by atoms with Crippen molar-refractivity contribution in [3.63, 3.8) is 0 Å². The molecule has 0 saturated heterocycles. The van der Waals surface area contributed by atoms with Crippen molar-refractivity contribution in [2.24, 2.45) is 5.92 Å². The molecule has 21 heavy (non-hydrogen) atoms. The number of nitrogens with one attached hydrogen (secondary N) is 1. The standard InChI is InChI=1S/C19H28N2/c1-5-12-20-18(11-10-14(2)3)19-13-15(4)16-8-6-7-9-17(16)21-19/h6-9,13-14,18,20H,5,10-12H2,1-4H3. The second-order valence-corrected chi connectivity index (χ2v) is 6.36. The highest BCUT2D eigenvalue weighted by Gasteiger charge is 2.14. The summed E-state index contributed by atoms with van der Waals surface area (Å²) in [5, 5.41) is 4.93. The number of rotatable bonds is 7. The van der Waals surface area contributed by atoms with E-state index in [9.17, 15) is 0 Å². The van der Waals surface area contributed by atoms with Crippen molar-refractivity contribution < 1.29 is 0 Å². The van der Waals surface area contributed by atoms with E-state index in [-0.39, 0.29) is 0 Å². The van der Waals surface area contributed by atoms with E-state index >= 15 is 0 Å². The number of nitrogens with zero attached hydrogens (tertiary/aromatic N) is 1. The van der Waals surface area contributed by atoms with E-state index < -0.39 is 0 Å². The van der Waals surface area contributed by atoms with E-state index in [2.05, 4.69) is 63.3 Å². The summed E-state index contributed by atoms with van der Waals surface area (Å²) in [6.45, 7) is 10.0. The van der Waals surface area contributed by atoms with Gasteiger partial charge in [-0.15, -0.1) is 0 Å². The summed E-state index contributed by atoms with van der Waals surface area (Å²) in [5.41, 5.74) is 3.63. The lowest BCUT2D eigenvalue weighted by atomic mass is 9.98. The maximum atomic E-state index is 4.90. The SMILES string of the molecule is CCCNC(CCC(C)C)c1cc(C)c2ccccc2n1. The van der Waals surface area contributed by atoms with Gasteiger partial charge in [0, 0.05) is 11.4 Å². The van der Waals surface area contributed by atoms with Crippen LogP contribution >= 0.6 is 0 Å². The van der Waals surface area contributed by atoms with E-state index in [4.69, 9.17) is 4.98 Å². The van der Waals surface area contributed by atoms with Crippen molar-refractivity contribution in [1.29, 1.82) is 0 Å². The Morgan fingerprint density at radius 1 is 1.14 bits per heavy atom. The van der Waals surface area contributed by atoms with Gasteiger partial charge in [-0.1, -0.05) is 39.0 Å². The average molecular weight is 284 g/mol. The molecule has 0 saturated carbocycles. The molecule has 2 nitrogen and oxygen atoms in total. The van der Waals surface area contributed by atoms with Crippen molar-refractivity contribution >= 4 is 10.9 Å². The fraction of sp³-hybridized carbons (Fsp3) is 0.526. The predicted molar refractivity (Wildman–Crippen MR) is 91.6 cm³/mol. The lowest BCUT2D eigenvalue weighted by Gasteiger charge is -2.20. The summed E-state index contributed by atoms with van der Waals surface area (Å²) < 4.78 is 0. The molecular weight excluding hydrogens is 256 g/mol. The topological polar surface area (TPSA) is 24.9 Å². The highest BCUT2D eigenvalue weighted by molar-refractivity contribution is 5.82. The lowest BCUT2D eigenvalue weighted by molar-refractivity contribution is 0.434. The van der Waals surface area contributed by atoms with E-state index in [1.807, 2.05) is 0 Å². The van der Waals surface area contributed by atoms with Crippen LogP contribution in [0.25, 0.3) is 10.9 Å². The second-order valence-electron chi connectivity index (χ2n) is 6.36. The summed E-state index contributed by atoms with van der Waals surface area (Å²) >= 11 is 0. The zero-order valence-corrected chi connectivity index (χ0v) is 13.8. The zero-order chi connectivity index (χ0) is 15.2. The number of aryl methyl sites for hydroxylation is 1. The third-order valence-electron chi connectivity index (χ3n) is 3.97. The predicted octanol–water partition coefficient (Wildman–Crippen LogP) is 5.02. The number of benzene rings is 1. The highest BCUT2D eigenvalue weighted by Crippen LogP contribution is 2.24. The van der Waals surface area contributed by atoms with Crippen LogP contribution in [0.1, 0.15) is 57.3 Å². The van der Waals surface area contributed by atoms with Gasteiger partial charge in [-0.3, -0.25) is 4.98 Å². The van der Waals surface area contributed by atoms with Gasteiger partial charge in [-0.05, 0) is 56.3 Å². The third-order valence-corrected chi connectivity index (χ3v) is 3.97. The highest BCUT2D eigenvalue weighted by atomic mass is 14.9. The number of aromatic nitrogens is 1. The first-order valence-corrected chi connectivity index (χ1v) is 8.21. The Morgan fingerprint density at radius 2 is 1.90 bits per heavy atom. The quantitative estimate of drug-likeness (QED) is 0.772. The minimum atomic E-state index is 0.371. The largest absolute Gasteiger partial charge is 0.309 e. The van der Waals surface area contributed by atoms with Crippen LogP contribution in [0.3, 0.4) is 0 Å². The molecule has 1 unspecified atom stereocenters. The van der Waals surface area contributed by atoms with Crippen LogP contribution in [0.15, 0.2) is 30.3 Å². The average Bonchev–Trinajstić information content (AvgIpc) is 2.47. The maximum Gasteiger partial charge on any atom is 0.0708 e. The Balaban J connectivity index is 2.29.